The van der Waals surface area contributed by atoms with Crippen LogP contribution >= 0.6 is 0 Å². The molecular weight excluding hydrogens is 615 g/mol. The molecule has 0 atom stereocenters. The van der Waals surface area contributed by atoms with Crippen LogP contribution in [-0.4, -0.2) is 34.6 Å². The van der Waals surface area contributed by atoms with Crippen LogP contribution in [0.1, 0.15) is 25.0 Å². The maximum absolute atomic E-state index is 10.3. The number of hydrogen-bond acceptors (Lipinski definition) is 8. The first-order valence-electron chi connectivity index (χ1n) is 13.4. The van der Waals surface area contributed by atoms with Gasteiger partial charge in [0.1, 0.15) is 11.5 Å². The number of nitrogens with zero attached hydrogens (tertiary/aromatic N) is 2. The molecule has 9 heteroatoms. The van der Waals surface area contributed by atoms with E-state index in [1.165, 1.54) is 0 Å². The molecule has 1 radical (unpaired) electrons. The van der Waals surface area contributed by atoms with Crippen molar-refractivity contribution < 1.29 is 46.8 Å². The van der Waals surface area contributed by atoms with Gasteiger partial charge in [0.05, 0.1) is 11.4 Å². The molecular formula is C36H30CoN2O6. The predicted molar refractivity (Wildman–Crippen MR) is 169 cm³/mol. The third kappa shape index (κ3) is 12.3. The number of carbonyl (C=O) groups excluding carboxylic acids is 2. The van der Waals surface area contributed by atoms with Crippen molar-refractivity contribution in [1.82, 2.24) is 0 Å². The molecule has 2 N–H and O–H groups in total. The van der Waals surface area contributed by atoms with E-state index >= 15 is 0 Å². The van der Waals surface area contributed by atoms with Crippen LogP contribution in [0.5, 0.6) is 11.5 Å². The molecule has 0 aromatic heterocycles. The van der Waals surface area contributed by atoms with E-state index in [2.05, 4.69) is 9.98 Å². The number of carboxylic acid groups (broad SMARTS) is 2. The van der Waals surface area contributed by atoms with Gasteiger partial charge in [0.2, 0.25) is 0 Å². The van der Waals surface area contributed by atoms with Crippen LogP contribution in [0.4, 0.5) is 11.4 Å². The maximum Gasteiger partial charge on any atom is 2.00 e. The third-order valence-electron chi connectivity index (χ3n) is 5.80. The minimum Gasteiger partial charge on any atom is -0.550 e. The number of benzene rings is 5. The minimum atomic E-state index is -1.08. The SMILES string of the molecule is CC(=O)[O-].CC(=O)[O-].Oc1ccc(-c2ccccc2)cc1C=Nc1cccc(N=Cc2cc(-c3ccccc3)ccc2O)c1.[Co+2]. The van der Waals surface area contributed by atoms with Crippen molar-refractivity contribution in [2.45, 2.75) is 13.8 Å². The van der Waals surface area contributed by atoms with Gasteiger partial charge in [0.15, 0.2) is 0 Å². The van der Waals surface area contributed by atoms with Crippen molar-refractivity contribution in [1.29, 1.82) is 0 Å². The monoisotopic (exact) mass is 645 g/mol. The molecule has 5 rings (SSSR count). The second-order valence-corrected chi connectivity index (χ2v) is 9.30. The van der Waals surface area contributed by atoms with Gasteiger partial charge in [-0.2, -0.15) is 0 Å². The van der Waals surface area contributed by atoms with Crippen LogP contribution in [0.15, 0.2) is 131 Å². The number of phenolic OH excluding ortho intramolecular Hbond substituents is 2. The van der Waals surface area contributed by atoms with E-state index in [-0.39, 0.29) is 28.3 Å². The summed E-state index contributed by atoms with van der Waals surface area (Å²) < 4.78 is 0. The molecule has 0 amide bonds. The second-order valence-electron chi connectivity index (χ2n) is 9.30. The first kappa shape index (κ1) is 35.7. The summed E-state index contributed by atoms with van der Waals surface area (Å²) in [7, 11) is 0. The Balaban J connectivity index is 0.000000704. The number of carboxylic acids is 2. The van der Waals surface area contributed by atoms with Gasteiger partial charge in [-0.05, 0) is 78.6 Å². The zero-order chi connectivity index (χ0) is 31.9. The Bertz CT molecular complexity index is 1620. The van der Waals surface area contributed by atoms with Crippen LogP contribution in [-0.2, 0) is 26.4 Å². The zero-order valence-electron chi connectivity index (χ0n) is 24.5. The number of aromatic hydroxyl groups is 2. The number of aliphatic carboxylic acids is 2. The van der Waals surface area contributed by atoms with Gasteiger partial charge in [0, 0.05) is 35.5 Å². The van der Waals surface area contributed by atoms with Gasteiger partial charge in [0.25, 0.3) is 0 Å². The van der Waals surface area contributed by atoms with Crippen LogP contribution in [0.3, 0.4) is 0 Å². The summed E-state index contributed by atoms with van der Waals surface area (Å²) in [5, 5.41) is 38.4. The van der Waals surface area contributed by atoms with E-state index in [0.29, 0.717) is 22.5 Å². The Labute approximate surface area is 271 Å². The van der Waals surface area contributed by atoms with E-state index in [0.717, 1.165) is 36.1 Å². The van der Waals surface area contributed by atoms with Crippen LogP contribution < -0.4 is 10.2 Å². The first-order valence-corrected chi connectivity index (χ1v) is 13.4. The topological polar surface area (TPSA) is 145 Å². The van der Waals surface area contributed by atoms with Gasteiger partial charge in [-0.25, -0.2) is 0 Å². The number of rotatable bonds is 6. The number of hydrogen-bond donors (Lipinski definition) is 2. The van der Waals surface area contributed by atoms with Gasteiger partial charge in [-0.15, -0.1) is 0 Å². The number of carbonyl (C=O) groups is 2. The molecule has 0 aliphatic heterocycles. The van der Waals surface area contributed by atoms with Crippen molar-refractivity contribution in [2.24, 2.45) is 9.98 Å². The number of phenols is 2. The van der Waals surface area contributed by atoms with Crippen molar-refractivity contribution in [3.8, 4) is 33.8 Å². The van der Waals surface area contributed by atoms with Gasteiger partial charge < -0.3 is 30.0 Å². The molecule has 0 bridgehead atoms. The largest absolute Gasteiger partial charge is 2.00 e. The summed E-state index contributed by atoms with van der Waals surface area (Å²) in [6.45, 7) is 1.94. The standard InChI is InChI=1S/C32H24N2O2.2C2H4O2.Co/c35-31-16-14-25(23-8-3-1-4-9-23)18-27(31)21-33-29-12-7-13-30(20-29)34-22-28-19-26(15-17-32(28)36)24-10-5-2-6-11-24;2*1-2(3)4;/h1-22,35-36H;2*1H3,(H,3,4);/q;;;+2/p-2. The fourth-order valence-electron chi connectivity index (χ4n) is 3.88. The molecule has 8 nitrogen and oxygen atoms in total. The molecule has 0 fully saturated rings. The van der Waals surface area contributed by atoms with E-state index in [9.17, 15) is 10.2 Å². The summed E-state index contributed by atoms with van der Waals surface area (Å²) in [5.74, 6) is -1.83. The Morgan fingerprint density at radius 1 is 0.533 bits per heavy atom. The van der Waals surface area contributed by atoms with Crippen LogP contribution in [0.2, 0.25) is 0 Å². The van der Waals surface area contributed by atoms with Gasteiger partial charge in [-0.3, -0.25) is 9.98 Å². The van der Waals surface area contributed by atoms with Crippen LogP contribution in [0.25, 0.3) is 22.3 Å². The molecule has 0 saturated heterocycles. The Hall–Kier alpha value is -5.51. The summed E-state index contributed by atoms with van der Waals surface area (Å²) in [6, 6.07) is 38.5. The van der Waals surface area contributed by atoms with Crippen molar-refractivity contribution in [2.75, 3.05) is 0 Å². The Morgan fingerprint density at radius 2 is 0.889 bits per heavy atom. The van der Waals surface area contributed by atoms with Crippen molar-refractivity contribution in [3.05, 3.63) is 132 Å². The Morgan fingerprint density at radius 3 is 1.24 bits per heavy atom. The summed E-state index contributed by atoms with van der Waals surface area (Å²) in [6.07, 6.45) is 3.31. The van der Waals surface area contributed by atoms with Gasteiger partial charge in [-0.1, -0.05) is 78.9 Å². The van der Waals surface area contributed by atoms with Crippen molar-refractivity contribution >= 4 is 35.7 Å². The molecule has 0 unspecified atom stereocenters. The average Bonchev–Trinajstić information content (AvgIpc) is 3.01. The van der Waals surface area contributed by atoms with E-state index in [4.69, 9.17) is 19.8 Å². The van der Waals surface area contributed by atoms with E-state index in [1.54, 1.807) is 24.6 Å². The third-order valence-corrected chi connectivity index (χ3v) is 5.80. The molecule has 45 heavy (non-hydrogen) atoms. The molecule has 0 aliphatic carbocycles. The average molecular weight is 646 g/mol. The van der Waals surface area contributed by atoms with Crippen molar-refractivity contribution in [3.63, 3.8) is 0 Å². The Kier molecular flexibility index (Phi) is 14.4. The second kappa shape index (κ2) is 18.2. The smallest absolute Gasteiger partial charge is 0.550 e. The molecule has 0 aliphatic rings. The quantitative estimate of drug-likeness (QED) is 0.235. The molecule has 5 aromatic rings. The number of aliphatic imine (C=N–C) groups is 2. The zero-order valence-corrected chi connectivity index (χ0v) is 25.5. The summed E-state index contributed by atoms with van der Waals surface area (Å²) in [4.78, 5) is 26.9. The fourth-order valence-corrected chi connectivity index (χ4v) is 3.88. The molecule has 229 valence electrons. The minimum absolute atomic E-state index is 0. The molecule has 0 saturated carbocycles. The van der Waals surface area contributed by atoms with Crippen LogP contribution in [0, 0.1) is 0 Å². The normalized spacial score (nSPS) is 10.2. The molecule has 0 spiro atoms. The first-order chi connectivity index (χ1) is 21.1. The summed E-state index contributed by atoms with van der Waals surface area (Å²) >= 11 is 0. The summed E-state index contributed by atoms with van der Waals surface area (Å²) in [5.41, 5.74) is 6.83. The van der Waals surface area contributed by atoms with E-state index < -0.39 is 11.9 Å². The molecule has 0 heterocycles. The maximum atomic E-state index is 10.3. The van der Waals surface area contributed by atoms with Gasteiger partial charge >= 0.3 is 16.8 Å². The predicted octanol–water partition coefficient (Wildman–Crippen LogP) is 5.44. The fraction of sp³-hybridized carbons (Fsp3) is 0.0556. The molecule has 5 aromatic carbocycles. The van der Waals surface area contributed by atoms with E-state index in [1.807, 2.05) is 109 Å².